The van der Waals surface area contributed by atoms with Crippen LogP contribution in [0.4, 0.5) is 11.4 Å². The number of benzene rings is 2. The fraction of sp³-hybridized carbons (Fsp3) is 0.409. The first kappa shape index (κ1) is 19.8. The Morgan fingerprint density at radius 2 is 1.59 bits per heavy atom. The van der Waals surface area contributed by atoms with Crippen LogP contribution in [0.3, 0.4) is 0 Å². The molecule has 2 aromatic carbocycles. The largest absolute Gasteiger partial charge is 0.368 e. The van der Waals surface area contributed by atoms with Crippen LogP contribution in [-0.4, -0.2) is 57.7 Å². The molecular formula is C22H27N3O3S. The van der Waals surface area contributed by atoms with Gasteiger partial charge in [-0.1, -0.05) is 12.1 Å². The lowest BCUT2D eigenvalue weighted by molar-refractivity contribution is 0.0747. The molecule has 6 nitrogen and oxygen atoms in total. The molecule has 2 aliphatic rings. The maximum absolute atomic E-state index is 12.9. The fourth-order valence-electron chi connectivity index (χ4n) is 4.11. The maximum Gasteiger partial charge on any atom is 0.253 e. The lowest BCUT2D eigenvalue weighted by Gasteiger charge is -2.37. The summed E-state index contributed by atoms with van der Waals surface area (Å²) in [5, 5.41) is 0. The van der Waals surface area contributed by atoms with Crippen LogP contribution in [0.25, 0.3) is 0 Å². The Kier molecular flexibility index (Phi) is 5.25. The van der Waals surface area contributed by atoms with Crippen LogP contribution in [0.5, 0.6) is 0 Å². The zero-order chi connectivity index (χ0) is 20.6. The summed E-state index contributed by atoms with van der Waals surface area (Å²) in [6.07, 6.45) is 0.647. The number of sulfonamides is 1. The van der Waals surface area contributed by atoms with Crippen LogP contribution < -0.4 is 9.21 Å². The molecule has 0 atom stereocenters. The Balaban J connectivity index is 1.41. The second-order valence-corrected chi connectivity index (χ2v) is 9.80. The third-order valence-corrected chi connectivity index (χ3v) is 7.85. The molecule has 0 radical (unpaired) electrons. The molecule has 0 spiro atoms. The molecular weight excluding hydrogens is 386 g/mol. The van der Waals surface area contributed by atoms with Gasteiger partial charge in [0, 0.05) is 44.0 Å². The molecule has 7 heteroatoms. The first-order valence-corrected chi connectivity index (χ1v) is 11.7. The minimum absolute atomic E-state index is 0.00134. The van der Waals surface area contributed by atoms with Crippen molar-refractivity contribution in [2.75, 3.05) is 47.7 Å². The summed E-state index contributed by atoms with van der Waals surface area (Å²) in [7, 11) is -3.20. The molecule has 0 unspecified atom stereocenters. The first-order chi connectivity index (χ1) is 13.9. The highest BCUT2D eigenvalue weighted by atomic mass is 32.2. The van der Waals surface area contributed by atoms with Gasteiger partial charge in [-0.05, 0) is 61.7 Å². The fourth-order valence-corrected chi connectivity index (χ4v) is 5.68. The minimum atomic E-state index is -3.20. The van der Waals surface area contributed by atoms with Gasteiger partial charge in [0.25, 0.3) is 5.91 Å². The maximum atomic E-state index is 12.9. The van der Waals surface area contributed by atoms with Gasteiger partial charge in [-0.25, -0.2) is 8.42 Å². The van der Waals surface area contributed by atoms with Crippen molar-refractivity contribution in [1.29, 1.82) is 0 Å². The van der Waals surface area contributed by atoms with Crippen molar-refractivity contribution in [1.82, 2.24) is 4.90 Å². The SMILES string of the molecule is Cc1cccc(N2CCN(C(=O)c3ccc(N4CCCS4(=O)=O)cc3)CC2)c1C. The van der Waals surface area contributed by atoms with Gasteiger partial charge in [0.1, 0.15) is 0 Å². The van der Waals surface area contributed by atoms with Gasteiger partial charge in [-0.3, -0.25) is 9.10 Å². The smallest absolute Gasteiger partial charge is 0.253 e. The molecule has 0 saturated carbocycles. The van der Waals surface area contributed by atoms with Crippen molar-refractivity contribution in [3.05, 3.63) is 59.2 Å². The highest BCUT2D eigenvalue weighted by Crippen LogP contribution is 2.26. The number of carbonyl (C=O) groups is 1. The van der Waals surface area contributed by atoms with E-state index in [1.54, 1.807) is 24.3 Å². The van der Waals surface area contributed by atoms with E-state index >= 15 is 0 Å². The van der Waals surface area contributed by atoms with Crippen LogP contribution in [0.2, 0.25) is 0 Å². The van der Waals surface area contributed by atoms with E-state index < -0.39 is 10.0 Å². The van der Waals surface area contributed by atoms with E-state index in [9.17, 15) is 13.2 Å². The normalized spacial score (nSPS) is 18.9. The topological polar surface area (TPSA) is 60.9 Å². The molecule has 2 heterocycles. The molecule has 4 rings (SSSR count). The molecule has 2 fully saturated rings. The van der Waals surface area contributed by atoms with E-state index in [1.807, 2.05) is 4.90 Å². The molecule has 2 aromatic rings. The monoisotopic (exact) mass is 413 g/mol. The van der Waals surface area contributed by atoms with Gasteiger partial charge >= 0.3 is 0 Å². The lowest BCUT2D eigenvalue weighted by Crippen LogP contribution is -2.49. The minimum Gasteiger partial charge on any atom is -0.368 e. The number of anilines is 2. The van der Waals surface area contributed by atoms with E-state index in [0.717, 1.165) is 13.1 Å². The Hall–Kier alpha value is -2.54. The second kappa shape index (κ2) is 7.71. The molecule has 0 N–H and O–H groups in total. The van der Waals surface area contributed by atoms with Crippen molar-refractivity contribution in [2.45, 2.75) is 20.3 Å². The van der Waals surface area contributed by atoms with E-state index in [-0.39, 0.29) is 11.7 Å². The molecule has 1 amide bonds. The molecule has 0 aromatic heterocycles. The Labute approximate surface area is 172 Å². The third kappa shape index (κ3) is 3.83. The van der Waals surface area contributed by atoms with Crippen LogP contribution in [0.15, 0.2) is 42.5 Å². The number of hydrogen-bond acceptors (Lipinski definition) is 4. The van der Waals surface area contributed by atoms with Crippen LogP contribution in [-0.2, 0) is 10.0 Å². The highest BCUT2D eigenvalue weighted by molar-refractivity contribution is 7.93. The molecule has 2 aliphatic heterocycles. The van der Waals surface area contributed by atoms with Gasteiger partial charge in [0.15, 0.2) is 0 Å². The summed E-state index contributed by atoms with van der Waals surface area (Å²) < 4.78 is 25.6. The molecule has 154 valence electrons. The summed E-state index contributed by atoms with van der Waals surface area (Å²) in [6.45, 7) is 7.74. The van der Waals surface area contributed by atoms with E-state index in [2.05, 4.69) is 36.9 Å². The molecule has 0 bridgehead atoms. The Morgan fingerprint density at radius 1 is 0.897 bits per heavy atom. The van der Waals surface area contributed by atoms with Gasteiger partial charge in [0.05, 0.1) is 11.4 Å². The first-order valence-electron chi connectivity index (χ1n) is 10.1. The van der Waals surface area contributed by atoms with E-state index in [0.29, 0.717) is 37.3 Å². The van der Waals surface area contributed by atoms with Gasteiger partial charge in [0.2, 0.25) is 10.0 Å². The van der Waals surface area contributed by atoms with Crippen molar-refractivity contribution in [2.24, 2.45) is 0 Å². The highest BCUT2D eigenvalue weighted by Gasteiger charge is 2.29. The zero-order valence-electron chi connectivity index (χ0n) is 17.0. The number of carbonyl (C=O) groups excluding carboxylic acids is 1. The number of amides is 1. The van der Waals surface area contributed by atoms with Crippen molar-refractivity contribution in [3.63, 3.8) is 0 Å². The number of aryl methyl sites for hydroxylation is 1. The zero-order valence-corrected chi connectivity index (χ0v) is 17.8. The molecule has 0 aliphatic carbocycles. The number of piperazine rings is 1. The lowest BCUT2D eigenvalue weighted by atomic mass is 10.1. The van der Waals surface area contributed by atoms with Crippen molar-refractivity contribution < 1.29 is 13.2 Å². The van der Waals surface area contributed by atoms with Crippen LogP contribution in [0.1, 0.15) is 27.9 Å². The van der Waals surface area contributed by atoms with Crippen molar-refractivity contribution >= 4 is 27.3 Å². The van der Waals surface area contributed by atoms with E-state index in [4.69, 9.17) is 0 Å². The average molecular weight is 414 g/mol. The molecule has 2 saturated heterocycles. The molecule has 29 heavy (non-hydrogen) atoms. The number of rotatable bonds is 3. The van der Waals surface area contributed by atoms with Gasteiger partial charge in [-0.15, -0.1) is 0 Å². The predicted molar refractivity (Wildman–Crippen MR) is 116 cm³/mol. The standard InChI is InChI=1S/C22H27N3O3S/c1-17-5-3-6-21(18(17)2)23-12-14-24(15-13-23)22(26)19-7-9-20(10-8-19)25-11-4-16-29(25,27)28/h3,5-10H,4,11-16H2,1-2H3. The third-order valence-electron chi connectivity index (χ3n) is 5.99. The summed E-state index contributed by atoms with van der Waals surface area (Å²) in [5.74, 6) is 0.194. The Morgan fingerprint density at radius 3 is 2.21 bits per heavy atom. The predicted octanol–water partition coefficient (Wildman–Crippen LogP) is 2.81. The van der Waals surface area contributed by atoms with Gasteiger partial charge < -0.3 is 9.80 Å². The quantitative estimate of drug-likeness (QED) is 0.776. The summed E-state index contributed by atoms with van der Waals surface area (Å²) in [6, 6.07) is 13.3. The average Bonchev–Trinajstić information content (AvgIpc) is 3.09. The van der Waals surface area contributed by atoms with Gasteiger partial charge in [-0.2, -0.15) is 0 Å². The van der Waals surface area contributed by atoms with Crippen LogP contribution >= 0.6 is 0 Å². The van der Waals surface area contributed by atoms with Crippen molar-refractivity contribution in [3.8, 4) is 0 Å². The Bertz CT molecular complexity index is 1010. The summed E-state index contributed by atoms with van der Waals surface area (Å²) >= 11 is 0. The number of nitrogens with zero attached hydrogens (tertiary/aromatic N) is 3. The second-order valence-electron chi connectivity index (χ2n) is 7.79. The van der Waals surface area contributed by atoms with E-state index in [1.165, 1.54) is 21.1 Å². The summed E-state index contributed by atoms with van der Waals surface area (Å²) in [4.78, 5) is 17.1. The van der Waals surface area contributed by atoms with Crippen LogP contribution in [0, 0.1) is 13.8 Å². The summed E-state index contributed by atoms with van der Waals surface area (Å²) in [5.41, 5.74) is 5.05. The number of hydrogen-bond donors (Lipinski definition) is 0.